The van der Waals surface area contributed by atoms with E-state index in [-0.39, 0.29) is 0 Å². The topological polar surface area (TPSA) is 79.6 Å². The van der Waals surface area contributed by atoms with Crippen molar-refractivity contribution in [3.05, 3.63) is 52.3 Å². The molecular weight excluding hydrogens is 349 g/mol. The van der Waals surface area contributed by atoms with Crippen LogP contribution in [0.4, 0.5) is 11.6 Å². The number of aryl methyl sites for hydroxylation is 1. The first-order valence-electron chi connectivity index (χ1n) is 7.11. The second-order valence-corrected chi connectivity index (χ2v) is 6.00. The minimum Gasteiger partial charge on any atom is -0.360 e. The fraction of sp³-hybridized carbons (Fsp3) is 0.0625. The Bertz CT molecular complexity index is 1020. The molecule has 3 heterocycles. The van der Waals surface area contributed by atoms with Crippen LogP contribution >= 0.6 is 23.2 Å². The number of aromatic nitrogens is 4. The number of aromatic amines is 1. The SMILES string of the molecule is Cc1cc(Nc2nccc3nc(-c4c(Cl)cccc4Cl)[nH]c23)no1. The Labute approximate surface area is 146 Å². The third-order valence-electron chi connectivity index (χ3n) is 3.48. The first-order chi connectivity index (χ1) is 11.6. The molecule has 1 aromatic carbocycles. The number of hydrogen-bond acceptors (Lipinski definition) is 5. The van der Waals surface area contributed by atoms with E-state index in [0.29, 0.717) is 38.8 Å². The highest BCUT2D eigenvalue weighted by Gasteiger charge is 2.15. The Balaban J connectivity index is 1.82. The average molecular weight is 360 g/mol. The summed E-state index contributed by atoms with van der Waals surface area (Å²) in [6, 6.07) is 8.91. The van der Waals surface area contributed by atoms with E-state index in [0.717, 1.165) is 11.0 Å². The standard InChI is InChI=1S/C16H11Cl2N5O/c1-8-7-12(23-24-8)21-16-14-11(5-6-19-16)20-15(22-14)13-9(17)3-2-4-10(13)18/h2-7H,1H3,(H,20,22)(H,19,21,23). The average Bonchev–Trinajstić information content (AvgIpc) is 3.14. The Hall–Kier alpha value is -2.57. The summed E-state index contributed by atoms with van der Waals surface area (Å²) in [4.78, 5) is 12.1. The summed E-state index contributed by atoms with van der Waals surface area (Å²) in [5.41, 5.74) is 2.11. The van der Waals surface area contributed by atoms with Gasteiger partial charge in [-0.3, -0.25) is 0 Å². The molecule has 3 aromatic heterocycles. The molecule has 4 rings (SSSR count). The fourth-order valence-corrected chi connectivity index (χ4v) is 3.00. The molecule has 24 heavy (non-hydrogen) atoms. The molecule has 4 aromatic rings. The summed E-state index contributed by atoms with van der Waals surface area (Å²) in [5, 5.41) is 8.07. The number of benzene rings is 1. The monoisotopic (exact) mass is 359 g/mol. The van der Waals surface area contributed by atoms with Gasteiger partial charge in [0.2, 0.25) is 0 Å². The first-order valence-corrected chi connectivity index (χ1v) is 7.87. The lowest BCUT2D eigenvalue weighted by molar-refractivity contribution is 0.400. The number of fused-ring (bicyclic) bond motifs is 1. The smallest absolute Gasteiger partial charge is 0.175 e. The maximum absolute atomic E-state index is 6.27. The predicted octanol–water partition coefficient (Wildman–Crippen LogP) is 4.97. The Morgan fingerprint density at radius 3 is 2.67 bits per heavy atom. The molecule has 120 valence electrons. The third kappa shape index (κ3) is 2.60. The van der Waals surface area contributed by atoms with Gasteiger partial charge in [0.1, 0.15) is 17.1 Å². The van der Waals surface area contributed by atoms with Crippen molar-refractivity contribution in [3.63, 3.8) is 0 Å². The van der Waals surface area contributed by atoms with Crippen molar-refractivity contribution in [2.24, 2.45) is 0 Å². The van der Waals surface area contributed by atoms with E-state index >= 15 is 0 Å². The maximum Gasteiger partial charge on any atom is 0.175 e. The number of nitrogens with one attached hydrogen (secondary N) is 2. The zero-order chi connectivity index (χ0) is 16.7. The highest BCUT2D eigenvalue weighted by molar-refractivity contribution is 6.39. The minimum atomic E-state index is 0.524. The van der Waals surface area contributed by atoms with Gasteiger partial charge >= 0.3 is 0 Å². The molecule has 0 bridgehead atoms. The minimum absolute atomic E-state index is 0.524. The molecule has 6 nitrogen and oxygen atoms in total. The predicted molar refractivity (Wildman–Crippen MR) is 93.9 cm³/mol. The van der Waals surface area contributed by atoms with Crippen molar-refractivity contribution in [2.75, 3.05) is 5.32 Å². The van der Waals surface area contributed by atoms with Crippen molar-refractivity contribution in [2.45, 2.75) is 6.92 Å². The second kappa shape index (κ2) is 5.81. The van der Waals surface area contributed by atoms with Crippen molar-refractivity contribution in [1.82, 2.24) is 20.1 Å². The number of anilines is 2. The van der Waals surface area contributed by atoms with E-state index < -0.39 is 0 Å². The molecule has 0 saturated heterocycles. The van der Waals surface area contributed by atoms with E-state index in [9.17, 15) is 0 Å². The summed E-state index contributed by atoms with van der Waals surface area (Å²) in [5.74, 6) is 2.44. The van der Waals surface area contributed by atoms with Crippen LogP contribution in [0.15, 0.2) is 41.1 Å². The van der Waals surface area contributed by atoms with Gasteiger partial charge in [0.25, 0.3) is 0 Å². The highest BCUT2D eigenvalue weighted by Crippen LogP contribution is 2.34. The number of imidazole rings is 1. The van der Waals surface area contributed by atoms with Crippen molar-refractivity contribution < 1.29 is 4.52 Å². The van der Waals surface area contributed by atoms with Crippen LogP contribution in [0.2, 0.25) is 10.0 Å². The normalized spacial score (nSPS) is 11.1. The molecule has 0 atom stereocenters. The van der Waals surface area contributed by atoms with Gasteiger partial charge in [0, 0.05) is 12.3 Å². The highest BCUT2D eigenvalue weighted by atomic mass is 35.5. The number of pyridine rings is 1. The van der Waals surface area contributed by atoms with Crippen LogP contribution in [0.25, 0.3) is 22.4 Å². The molecule has 0 spiro atoms. The molecule has 0 aliphatic carbocycles. The lowest BCUT2D eigenvalue weighted by Gasteiger charge is -2.03. The van der Waals surface area contributed by atoms with Crippen LogP contribution in [-0.2, 0) is 0 Å². The lowest BCUT2D eigenvalue weighted by atomic mass is 10.2. The molecule has 8 heteroatoms. The quantitative estimate of drug-likeness (QED) is 0.539. The van der Waals surface area contributed by atoms with Gasteiger partial charge in [0.05, 0.1) is 21.1 Å². The van der Waals surface area contributed by atoms with E-state index in [1.165, 1.54) is 0 Å². The number of hydrogen-bond donors (Lipinski definition) is 2. The van der Waals surface area contributed by atoms with Crippen molar-refractivity contribution in [3.8, 4) is 11.4 Å². The van der Waals surface area contributed by atoms with Crippen molar-refractivity contribution >= 4 is 45.9 Å². The van der Waals surface area contributed by atoms with Gasteiger partial charge in [-0.15, -0.1) is 0 Å². The van der Waals surface area contributed by atoms with E-state index in [4.69, 9.17) is 27.7 Å². The second-order valence-electron chi connectivity index (χ2n) is 5.18. The number of rotatable bonds is 3. The maximum atomic E-state index is 6.27. The van der Waals surface area contributed by atoms with Gasteiger partial charge in [-0.1, -0.05) is 34.4 Å². The largest absolute Gasteiger partial charge is 0.360 e. The number of H-pyrrole nitrogens is 1. The Morgan fingerprint density at radius 1 is 1.17 bits per heavy atom. The van der Waals surface area contributed by atoms with Crippen LogP contribution in [0.3, 0.4) is 0 Å². The van der Waals surface area contributed by atoms with Gasteiger partial charge < -0.3 is 14.8 Å². The summed E-state index contributed by atoms with van der Waals surface area (Å²) >= 11 is 12.5. The molecule has 0 amide bonds. The molecule has 0 aliphatic rings. The molecule has 2 N–H and O–H groups in total. The van der Waals surface area contributed by atoms with Crippen molar-refractivity contribution in [1.29, 1.82) is 0 Å². The summed E-state index contributed by atoms with van der Waals surface area (Å²) in [6.45, 7) is 1.82. The molecular formula is C16H11Cl2N5O. The number of nitrogens with zero attached hydrogens (tertiary/aromatic N) is 3. The van der Waals surface area contributed by atoms with E-state index in [1.54, 1.807) is 36.5 Å². The third-order valence-corrected chi connectivity index (χ3v) is 4.11. The van der Waals surface area contributed by atoms with Gasteiger partial charge in [0.15, 0.2) is 11.6 Å². The zero-order valence-corrected chi connectivity index (χ0v) is 14.0. The van der Waals surface area contributed by atoms with Gasteiger partial charge in [-0.25, -0.2) is 9.97 Å². The van der Waals surface area contributed by atoms with Crippen LogP contribution in [0.5, 0.6) is 0 Å². The van der Waals surface area contributed by atoms with Gasteiger partial charge in [-0.05, 0) is 25.1 Å². The molecule has 0 radical (unpaired) electrons. The first kappa shape index (κ1) is 15.0. The van der Waals surface area contributed by atoms with Crippen LogP contribution in [-0.4, -0.2) is 20.1 Å². The summed E-state index contributed by atoms with van der Waals surface area (Å²) < 4.78 is 5.05. The van der Waals surface area contributed by atoms with E-state index in [1.807, 2.05) is 6.92 Å². The summed E-state index contributed by atoms with van der Waals surface area (Å²) in [6.07, 6.45) is 1.66. The van der Waals surface area contributed by atoms with E-state index in [2.05, 4.69) is 25.4 Å². The van der Waals surface area contributed by atoms with Gasteiger partial charge in [-0.2, -0.15) is 0 Å². The number of halogens is 2. The molecule has 0 unspecified atom stereocenters. The van der Waals surface area contributed by atoms with Crippen LogP contribution in [0, 0.1) is 6.92 Å². The lowest BCUT2D eigenvalue weighted by Crippen LogP contribution is -1.94. The fourth-order valence-electron chi connectivity index (χ4n) is 2.42. The molecule has 0 aliphatic heterocycles. The summed E-state index contributed by atoms with van der Waals surface area (Å²) in [7, 11) is 0. The zero-order valence-electron chi connectivity index (χ0n) is 12.5. The Morgan fingerprint density at radius 2 is 1.96 bits per heavy atom. The van der Waals surface area contributed by atoms with Crippen LogP contribution < -0.4 is 5.32 Å². The Kier molecular flexibility index (Phi) is 3.63. The van der Waals surface area contributed by atoms with Crippen LogP contribution in [0.1, 0.15) is 5.76 Å². The molecule has 0 fully saturated rings. The molecule has 0 saturated carbocycles.